The van der Waals surface area contributed by atoms with E-state index in [9.17, 15) is 78.6 Å². The van der Waals surface area contributed by atoms with E-state index >= 15 is 0 Å². The van der Waals surface area contributed by atoms with Gasteiger partial charge in [0.05, 0.1) is 109 Å². The van der Waals surface area contributed by atoms with Crippen molar-refractivity contribution in [2.75, 3.05) is 72.9 Å². The Hall–Kier alpha value is -8.36. The van der Waals surface area contributed by atoms with Crippen molar-refractivity contribution in [2.45, 2.75) is 259 Å². The zero-order chi connectivity index (χ0) is 96.5. The second-order valence-corrected chi connectivity index (χ2v) is 37.4. The number of ketones is 3. The molecule has 2 aliphatic carbocycles. The molecule has 0 aromatic heterocycles. The molecule has 0 saturated carbocycles. The van der Waals surface area contributed by atoms with Gasteiger partial charge in [0, 0.05) is 97.9 Å². The third-order valence-corrected chi connectivity index (χ3v) is 28.2. The number of esters is 1. The molecule has 37 nitrogen and oxygen atoms in total. The average molecular weight is 2020 g/mol. The Morgan fingerprint density at radius 2 is 1.49 bits per heavy atom. The molecule has 14 N–H and O–H groups in total. The average Bonchev–Trinajstić information content (AvgIpc) is 0.755. The SMILES string of the molecule is CCN(C(=O)OCc1ccc(NC(=O)[C@H](CCCNC(N)=O)CC(=O)[C@@H](NC(=O)[C@H](CCCCN)CC(C)=O)C(C)C)cc1)[C@H]1CO[C@@H](O[C@H]2[C@H](O[C@H]3C#C/C=C\C#C[C@]4(O)CC(=O)C(CC(=O)OC)=C3/C4=C\CSSc3ccccc3C(=O)O)O[C@H](C)[C@@H](NO[C@H]3C[C@H](O)[C@H](SC(=O)c4c(C)c(I)c(O[C@@H]5O[C@@H](C)[C@H](O)[C@@H](OC)[C@H]5O)c(OC)c4OC)[C@@H](C)O3)[C@@H]2O)C[C@@H]1OC. The summed E-state index contributed by atoms with van der Waals surface area (Å²) in [6, 6.07) is 8.88. The zero-order valence-corrected chi connectivity index (χ0v) is 80.4. The van der Waals surface area contributed by atoms with Crippen LogP contribution in [0.4, 0.5) is 15.3 Å². The largest absolute Gasteiger partial charge is 0.492 e. The number of allylic oxidation sites excluding steroid dienone is 2. The third kappa shape index (κ3) is 28.0. The number of carbonyl (C=O) groups is 10. The number of urea groups is 1. The molecule has 4 heterocycles. The molecule has 3 aromatic carbocycles. The first-order chi connectivity index (χ1) is 62.9. The minimum absolute atomic E-state index is 0.00212. The molecule has 4 saturated heterocycles. The summed E-state index contributed by atoms with van der Waals surface area (Å²) < 4.78 is 79.9. The first-order valence-corrected chi connectivity index (χ1v) is 47.6. The van der Waals surface area contributed by atoms with Crippen LogP contribution in [-0.2, 0) is 87.6 Å². The van der Waals surface area contributed by atoms with Crippen LogP contribution in [0.2, 0.25) is 0 Å². The highest BCUT2D eigenvalue weighted by Crippen LogP contribution is 2.50. The van der Waals surface area contributed by atoms with Gasteiger partial charge in [-0.1, -0.05) is 108 Å². The summed E-state index contributed by atoms with van der Waals surface area (Å²) in [6.45, 7) is 13.2. The second-order valence-electron chi connectivity index (χ2n) is 32.8. The van der Waals surface area contributed by atoms with Gasteiger partial charge < -0.3 is 129 Å². The third-order valence-electron chi connectivity index (χ3n) is 23.3. The van der Waals surface area contributed by atoms with Gasteiger partial charge in [0.15, 0.2) is 47.5 Å². The molecule has 22 atom stereocenters. The molecule has 9 rings (SSSR count). The van der Waals surface area contributed by atoms with Crippen LogP contribution >= 0.6 is 55.9 Å². The number of benzene rings is 3. The number of halogens is 1. The van der Waals surface area contributed by atoms with Gasteiger partial charge in [-0.15, -0.1) is 0 Å². The number of nitrogens with two attached hydrogens (primary N) is 2. The van der Waals surface area contributed by atoms with Crippen molar-refractivity contribution < 1.29 is 145 Å². The van der Waals surface area contributed by atoms with E-state index in [-0.39, 0.29) is 127 Å². The molecular formula is C91H120IN7O30S3. The summed E-state index contributed by atoms with van der Waals surface area (Å²) in [6.07, 6.45) is -15.9. The van der Waals surface area contributed by atoms with E-state index in [2.05, 4.69) is 45.1 Å². The van der Waals surface area contributed by atoms with Crippen molar-refractivity contribution in [3.05, 3.63) is 109 Å². The number of anilines is 1. The van der Waals surface area contributed by atoms with Crippen LogP contribution < -0.4 is 47.1 Å². The number of Topliss-reactive ketones (excluding diaryl/α,β-unsaturated/α-hetero) is 3. The van der Waals surface area contributed by atoms with Gasteiger partial charge >= 0.3 is 24.1 Å². The van der Waals surface area contributed by atoms with Gasteiger partial charge in [0.25, 0.3) is 0 Å². The van der Waals surface area contributed by atoms with Crippen molar-refractivity contribution in [1.29, 1.82) is 0 Å². The molecule has 4 fully saturated rings. The van der Waals surface area contributed by atoms with Crippen molar-refractivity contribution >= 4 is 120 Å². The number of hydroxylamine groups is 1. The number of amides is 5. The smallest absolute Gasteiger partial charge is 0.410 e. The number of aliphatic hydroxyl groups is 5. The fraction of sp³-hybridized carbons (Fsp3) is 0.582. The van der Waals surface area contributed by atoms with Crippen LogP contribution in [0.25, 0.3) is 0 Å². The van der Waals surface area contributed by atoms with Gasteiger partial charge in [-0.3, -0.25) is 33.6 Å². The molecule has 6 aliphatic rings. The highest BCUT2D eigenvalue weighted by Gasteiger charge is 2.53. The number of fused-ring (bicyclic) bond motifs is 2. The Labute approximate surface area is 792 Å². The Kier molecular flexibility index (Phi) is 41.5. The molecule has 0 radical (unpaired) electrons. The Morgan fingerprint density at radius 1 is 0.795 bits per heavy atom. The molecule has 41 heteroatoms. The number of carboxylic acids is 1. The maximum Gasteiger partial charge on any atom is 0.410 e. The fourth-order valence-electron chi connectivity index (χ4n) is 16.3. The topological polar surface area (TPSA) is 525 Å². The number of carbonyl (C=O) groups excluding carboxylic acids is 9. The normalized spacial score (nSPS) is 27.6. The summed E-state index contributed by atoms with van der Waals surface area (Å²) in [4.78, 5) is 143. The number of thioether (sulfide) groups is 1. The number of aromatic carboxylic acids is 1. The number of ether oxygens (including phenoxy) is 13. The first kappa shape index (κ1) is 107. The molecular weight excluding hydrogens is 1890 g/mol. The molecule has 0 unspecified atom stereocenters. The molecule has 724 valence electrons. The standard InChI is InChI=1S/C91H120IN7O30S3/c1-14-99(90(114)122-44-52-29-31-55(32-30-52)96-83(108)54(25-23-36-95-89(94)113)39-60(101)72(46(2)3)97-84(109)53(38-47(4)100)24-20-22-35-93)59-45-121-67(42-64(59)116-9)127-80-75(106)73(98-129-68-41-61(102)82(51(8)123-68)131-86(112)69-48(5)71(92)78(81(120-13)77(69)118-11)128-87-76(107)79(119-12)74(105)50(7)125-87)49(6)124-88(80)126-63-27-17-15-16-21-34-91(115)43-62(103)57(40-66(104)117-10)70(63)58(91)33-37-130-132-65-28-19-18-26-56(65)85(110)111/h15-16,18-19,26,28-33,46,49-51,53-54,59,61,63-64,67-68,72-76,79-80,82,87-88,98,102,105-107,115H,14,20,22-25,35-45,93H2,1-13H3,(H,96,108)(H,97,109)(H,110,111)(H3,94,95,113)/b16-15-,58-33+/t49-,50+,51-,53-,54-,59+,61+,63+,64+,67+,68+,72+,73-,74+,75+,76-,79-,80-,82-,87+,88+,91+/m1/s1. The second kappa shape index (κ2) is 51.0. The van der Waals surface area contributed by atoms with Gasteiger partial charge in [0.1, 0.15) is 49.0 Å². The highest BCUT2D eigenvalue weighted by atomic mass is 127. The fourth-order valence-corrected chi connectivity index (χ4v) is 20.1. The monoisotopic (exact) mass is 2010 g/mol. The van der Waals surface area contributed by atoms with Gasteiger partial charge in [-0.05, 0) is 150 Å². The number of primary amides is 1. The van der Waals surface area contributed by atoms with Crippen molar-refractivity contribution in [2.24, 2.45) is 29.2 Å². The van der Waals surface area contributed by atoms with E-state index in [1.807, 2.05) is 22.6 Å². The van der Waals surface area contributed by atoms with Crippen molar-refractivity contribution in [1.82, 2.24) is 21.0 Å². The summed E-state index contributed by atoms with van der Waals surface area (Å²) in [5, 5.41) is 76.3. The number of unbranched alkanes of at least 4 members (excludes halogenated alkanes) is 1. The number of likely N-dealkylation sites (N-methyl/N-ethyl adjacent to an activating group) is 1. The van der Waals surface area contributed by atoms with E-state index < -0.39 is 199 Å². The predicted octanol–water partition coefficient (Wildman–Crippen LogP) is 6.80. The van der Waals surface area contributed by atoms with Crippen LogP contribution in [0.5, 0.6) is 17.2 Å². The van der Waals surface area contributed by atoms with E-state index in [1.165, 1.54) is 69.3 Å². The lowest BCUT2D eigenvalue weighted by molar-refractivity contribution is -0.337. The summed E-state index contributed by atoms with van der Waals surface area (Å²) in [7, 11) is 8.85. The number of rotatable bonds is 44. The van der Waals surface area contributed by atoms with Crippen LogP contribution in [0, 0.1) is 51.9 Å². The zero-order valence-electron chi connectivity index (χ0n) is 75.8. The van der Waals surface area contributed by atoms with Crippen molar-refractivity contribution in [3.63, 3.8) is 0 Å². The van der Waals surface area contributed by atoms with Gasteiger partial charge in [-0.25, -0.2) is 14.4 Å². The van der Waals surface area contributed by atoms with Crippen LogP contribution in [0.3, 0.4) is 0 Å². The number of methoxy groups -OCH3 is 5. The highest BCUT2D eigenvalue weighted by molar-refractivity contribution is 14.1. The van der Waals surface area contributed by atoms with E-state index in [4.69, 9.17) is 77.9 Å². The van der Waals surface area contributed by atoms with E-state index in [0.29, 0.717) is 51.1 Å². The number of nitrogens with zero attached hydrogens (tertiary/aromatic N) is 1. The van der Waals surface area contributed by atoms with Gasteiger partial charge in [0.2, 0.25) is 29.0 Å². The molecule has 4 aliphatic heterocycles. The molecule has 2 bridgehead atoms. The lowest BCUT2D eigenvalue weighted by Crippen LogP contribution is -2.65. The number of hydrogen-bond donors (Lipinski definition) is 12. The molecule has 5 amide bonds. The van der Waals surface area contributed by atoms with Crippen LogP contribution in [0.15, 0.2) is 88.4 Å². The van der Waals surface area contributed by atoms with E-state index in [1.54, 1.807) is 97.0 Å². The van der Waals surface area contributed by atoms with E-state index in [0.717, 1.165) is 29.7 Å². The Bertz CT molecular complexity index is 4780. The van der Waals surface area contributed by atoms with Crippen LogP contribution in [-0.4, -0.2) is 283 Å². The maximum absolute atomic E-state index is 14.7. The molecule has 3 aromatic rings. The molecule has 132 heavy (non-hydrogen) atoms. The number of hydrogen-bond acceptors (Lipinski definition) is 34. The summed E-state index contributed by atoms with van der Waals surface area (Å²) in [5.74, 6) is 5.21. The lowest BCUT2D eigenvalue weighted by Gasteiger charge is -2.47. The number of carboxylic acid groups (broad SMARTS) is 1. The maximum atomic E-state index is 14.7. The predicted molar refractivity (Wildman–Crippen MR) is 491 cm³/mol. The minimum atomic E-state index is -2.26. The van der Waals surface area contributed by atoms with Gasteiger partial charge in [-0.2, -0.15) is 5.48 Å². The quantitative estimate of drug-likeness (QED) is 0.00691. The number of nitrogens with one attached hydrogen (secondary N) is 4. The minimum Gasteiger partial charge on any atom is -0.492 e. The molecule has 0 spiro atoms. The van der Waals surface area contributed by atoms with Crippen LogP contribution in [0.1, 0.15) is 151 Å². The number of aliphatic hydroxyl groups excluding tert-OH is 4. The first-order valence-electron chi connectivity index (χ1n) is 43.3. The Morgan fingerprint density at radius 3 is 2.14 bits per heavy atom. The lowest BCUT2D eigenvalue weighted by atomic mass is 9.72. The summed E-state index contributed by atoms with van der Waals surface area (Å²) >= 11 is 2.74. The summed E-state index contributed by atoms with van der Waals surface area (Å²) in [5.41, 5.74) is 12.7. The Balaban J connectivity index is 0.937. The van der Waals surface area contributed by atoms with Crippen molar-refractivity contribution in [3.8, 4) is 40.9 Å².